The summed E-state index contributed by atoms with van der Waals surface area (Å²) in [5.74, 6) is -0.188. The Hall–Kier alpha value is -2.74. The van der Waals surface area contributed by atoms with Crippen LogP contribution in [0.15, 0.2) is 37.1 Å². The first kappa shape index (κ1) is 18.6. The van der Waals surface area contributed by atoms with Crippen molar-refractivity contribution < 1.29 is 14.3 Å². The van der Waals surface area contributed by atoms with Crippen LogP contribution in [0.1, 0.15) is 35.3 Å². The minimum absolute atomic E-state index is 0.0104. The molecule has 2 aliphatic rings. The van der Waals surface area contributed by atoms with Crippen LogP contribution in [0.2, 0.25) is 0 Å². The van der Waals surface area contributed by atoms with E-state index >= 15 is 0 Å². The van der Waals surface area contributed by atoms with Crippen molar-refractivity contribution in [2.24, 2.45) is 13.0 Å². The van der Waals surface area contributed by atoms with Crippen LogP contribution in [-0.2, 0) is 23.1 Å². The molecule has 0 aromatic carbocycles. The number of ether oxygens (including phenoxy) is 1. The molecule has 1 N–H and O–H groups in total. The van der Waals surface area contributed by atoms with Gasteiger partial charge in [-0.1, -0.05) is 6.07 Å². The quantitative estimate of drug-likeness (QED) is 0.855. The number of aryl methyl sites for hydroxylation is 1. The highest BCUT2D eigenvalue weighted by atomic mass is 16.5. The van der Waals surface area contributed by atoms with Crippen LogP contribution in [0, 0.1) is 5.92 Å². The number of pyridine rings is 1. The molecule has 28 heavy (non-hydrogen) atoms. The molecule has 8 nitrogen and oxygen atoms in total. The Morgan fingerprint density at radius 3 is 3.00 bits per heavy atom. The number of hydrogen-bond donors (Lipinski definition) is 1. The number of fused-ring (bicyclic) bond motifs is 1. The Morgan fingerprint density at radius 1 is 1.36 bits per heavy atom. The molecule has 1 aliphatic heterocycles. The van der Waals surface area contributed by atoms with E-state index in [9.17, 15) is 9.59 Å². The van der Waals surface area contributed by atoms with Crippen LogP contribution in [-0.4, -0.2) is 56.5 Å². The first-order chi connectivity index (χ1) is 13.6. The molecule has 148 valence electrons. The molecule has 2 amide bonds. The molecule has 1 aliphatic carbocycles. The molecule has 2 fully saturated rings. The number of imidazole rings is 1. The van der Waals surface area contributed by atoms with Crippen molar-refractivity contribution in [3.8, 4) is 0 Å². The summed E-state index contributed by atoms with van der Waals surface area (Å²) in [5, 5.41) is 3.00. The van der Waals surface area contributed by atoms with Crippen molar-refractivity contribution >= 4 is 11.8 Å². The highest BCUT2D eigenvalue weighted by molar-refractivity contribution is 5.92. The average Bonchev–Trinajstić information content (AvgIpc) is 3.17. The fraction of sp³-hybridized carbons (Fsp3) is 0.500. The zero-order valence-electron chi connectivity index (χ0n) is 16.0. The van der Waals surface area contributed by atoms with Crippen LogP contribution in [0.3, 0.4) is 0 Å². The van der Waals surface area contributed by atoms with Crippen molar-refractivity contribution in [3.05, 3.63) is 48.3 Å². The van der Waals surface area contributed by atoms with Gasteiger partial charge in [-0.15, -0.1) is 0 Å². The number of nitrogens with one attached hydrogen (secondary N) is 1. The highest BCUT2D eigenvalue weighted by Gasteiger charge is 2.42. The largest absolute Gasteiger partial charge is 0.374 e. The lowest BCUT2D eigenvalue weighted by Gasteiger charge is -2.45. The summed E-state index contributed by atoms with van der Waals surface area (Å²) in [4.78, 5) is 35.8. The topological polar surface area (TPSA) is 89.4 Å². The number of carbonyl (C=O) groups is 2. The molecular formula is C20H25N5O3. The van der Waals surface area contributed by atoms with Crippen LogP contribution in [0.4, 0.5) is 0 Å². The van der Waals surface area contributed by atoms with E-state index in [0.29, 0.717) is 31.8 Å². The molecule has 0 spiro atoms. The van der Waals surface area contributed by atoms with Gasteiger partial charge in [0.15, 0.2) is 0 Å². The molecule has 8 heteroatoms. The first-order valence-corrected chi connectivity index (χ1v) is 9.69. The minimum Gasteiger partial charge on any atom is -0.374 e. The standard InChI is InChI=1S/C20H25N5O3/c1-24-12-16(23-13-24)20(27)25-7-8-28-18-5-4-15(9-17(18)25)19(26)22-11-14-3-2-6-21-10-14/h2-3,6,10,12-13,15,17-18H,4-5,7-9,11H2,1H3,(H,22,26)/t15-,17+,18+/m0/s1. The van der Waals surface area contributed by atoms with E-state index in [0.717, 1.165) is 18.4 Å². The monoisotopic (exact) mass is 383 g/mol. The zero-order valence-corrected chi connectivity index (χ0v) is 16.0. The van der Waals surface area contributed by atoms with Crippen LogP contribution >= 0.6 is 0 Å². The second kappa shape index (κ2) is 8.10. The minimum atomic E-state index is -0.126. The fourth-order valence-electron chi connectivity index (χ4n) is 4.11. The molecule has 3 heterocycles. The zero-order chi connectivity index (χ0) is 19.5. The SMILES string of the molecule is Cn1cnc(C(=O)N2CCO[C@@H]3CC[C@H](C(=O)NCc4cccnc4)C[C@H]32)c1. The van der Waals surface area contributed by atoms with Crippen molar-refractivity contribution in [3.63, 3.8) is 0 Å². The predicted octanol–water partition coefficient (Wildman–Crippen LogP) is 1.14. The maximum Gasteiger partial charge on any atom is 0.274 e. The highest BCUT2D eigenvalue weighted by Crippen LogP contribution is 2.33. The van der Waals surface area contributed by atoms with Crippen molar-refractivity contribution in [1.82, 2.24) is 24.8 Å². The van der Waals surface area contributed by atoms with Gasteiger partial charge in [0.2, 0.25) is 5.91 Å². The number of hydrogen-bond acceptors (Lipinski definition) is 5. The number of morpholine rings is 1. The van der Waals surface area contributed by atoms with E-state index in [-0.39, 0.29) is 29.9 Å². The Bertz CT molecular complexity index is 837. The number of nitrogens with zero attached hydrogens (tertiary/aromatic N) is 4. The van der Waals surface area contributed by atoms with Gasteiger partial charge in [0.25, 0.3) is 5.91 Å². The third-order valence-corrected chi connectivity index (χ3v) is 5.56. The second-order valence-electron chi connectivity index (χ2n) is 7.49. The molecule has 0 bridgehead atoms. The van der Waals surface area contributed by atoms with Crippen LogP contribution in [0.25, 0.3) is 0 Å². The lowest BCUT2D eigenvalue weighted by Crippen LogP contribution is -2.57. The van der Waals surface area contributed by atoms with Gasteiger partial charge < -0.3 is 19.5 Å². The summed E-state index contributed by atoms with van der Waals surface area (Å²) in [5.41, 5.74) is 1.41. The molecule has 2 aromatic heterocycles. The Balaban J connectivity index is 1.41. The van der Waals surface area contributed by atoms with E-state index in [4.69, 9.17) is 4.74 Å². The van der Waals surface area contributed by atoms with Crippen molar-refractivity contribution in [1.29, 1.82) is 0 Å². The van der Waals surface area contributed by atoms with E-state index in [1.165, 1.54) is 0 Å². The van der Waals surface area contributed by atoms with Crippen molar-refractivity contribution in [2.45, 2.75) is 38.0 Å². The summed E-state index contributed by atoms with van der Waals surface area (Å²) in [7, 11) is 1.84. The molecular weight excluding hydrogens is 358 g/mol. The predicted molar refractivity (Wildman–Crippen MR) is 101 cm³/mol. The lowest BCUT2D eigenvalue weighted by molar-refractivity contribution is -0.131. The number of carbonyl (C=O) groups excluding carboxylic acids is 2. The summed E-state index contributed by atoms with van der Waals surface area (Å²) in [6, 6.07) is 3.70. The molecule has 2 aromatic rings. The molecule has 3 atom stereocenters. The third kappa shape index (κ3) is 3.91. The maximum atomic E-state index is 12.9. The van der Waals surface area contributed by atoms with Gasteiger partial charge >= 0.3 is 0 Å². The molecule has 1 saturated heterocycles. The fourth-order valence-corrected chi connectivity index (χ4v) is 4.11. The summed E-state index contributed by atoms with van der Waals surface area (Å²) < 4.78 is 7.67. The van der Waals surface area contributed by atoms with Gasteiger partial charge in [-0.05, 0) is 30.9 Å². The van der Waals surface area contributed by atoms with E-state index < -0.39 is 0 Å². The lowest BCUT2D eigenvalue weighted by atomic mass is 9.81. The smallest absolute Gasteiger partial charge is 0.274 e. The van der Waals surface area contributed by atoms with Crippen LogP contribution < -0.4 is 5.32 Å². The van der Waals surface area contributed by atoms with Gasteiger partial charge in [-0.25, -0.2) is 4.98 Å². The Labute approximate surface area is 163 Å². The molecule has 1 saturated carbocycles. The molecule has 0 radical (unpaired) electrons. The van der Waals surface area contributed by atoms with E-state index in [1.54, 1.807) is 29.5 Å². The van der Waals surface area contributed by atoms with Gasteiger partial charge in [0.1, 0.15) is 5.69 Å². The van der Waals surface area contributed by atoms with E-state index in [1.807, 2.05) is 24.1 Å². The average molecular weight is 383 g/mol. The summed E-state index contributed by atoms with van der Waals surface area (Å²) >= 11 is 0. The Morgan fingerprint density at radius 2 is 2.25 bits per heavy atom. The van der Waals surface area contributed by atoms with Gasteiger partial charge in [0, 0.05) is 44.6 Å². The van der Waals surface area contributed by atoms with Crippen molar-refractivity contribution in [2.75, 3.05) is 13.2 Å². The van der Waals surface area contributed by atoms with Crippen LogP contribution in [0.5, 0.6) is 0 Å². The van der Waals surface area contributed by atoms with Gasteiger partial charge in [-0.2, -0.15) is 0 Å². The number of amides is 2. The third-order valence-electron chi connectivity index (χ3n) is 5.56. The summed E-state index contributed by atoms with van der Waals surface area (Å²) in [6.45, 7) is 1.52. The number of rotatable bonds is 4. The molecule has 0 unspecified atom stereocenters. The maximum absolute atomic E-state index is 12.9. The second-order valence-corrected chi connectivity index (χ2v) is 7.49. The summed E-state index contributed by atoms with van der Waals surface area (Å²) in [6.07, 6.45) is 8.97. The van der Waals surface area contributed by atoms with Gasteiger partial charge in [0.05, 0.1) is 25.1 Å². The number of aromatic nitrogens is 3. The Kier molecular flexibility index (Phi) is 5.38. The first-order valence-electron chi connectivity index (χ1n) is 9.69. The normalized spacial score (nSPS) is 24.5. The van der Waals surface area contributed by atoms with E-state index in [2.05, 4.69) is 15.3 Å². The molecule has 4 rings (SSSR count). The van der Waals surface area contributed by atoms with Gasteiger partial charge in [-0.3, -0.25) is 14.6 Å².